The summed E-state index contributed by atoms with van der Waals surface area (Å²) in [6.45, 7) is 15.4. The summed E-state index contributed by atoms with van der Waals surface area (Å²) < 4.78 is 0. The number of aliphatic hydroxyl groups is 1. The zero-order valence-electron chi connectivity index (χ0n) is 50.9. The maximum Gasteiger partial charge on any atom is 0.248 e. The molecule has 3 aromatic rings. The van der Waals surface area contributed by atoms with Crippen LogP contribution < -0.4 is 21.3 Å². The van der Waals surface area contributed by atoms with E-state index in [4.69, 9.17) is 0 Å². The number of carbonyl (C=O) groups excluding carboxylic acids is 9. The number of amides is 9. The average Bonchev–Trinajstić information content (AvgIpc) is 3.87. The van der Waals surface area contributed by atoms with Crippen molar-refractivity contribution in [2.75, 3.05) is 54.9 Å². The second kappa shape index (κ2) is 29.9. The zero-order valence-corrected chi connectivity index (χ0v) is 50.9. The highest BCUT2D eigenvalue weighted by Gasteiger charge is 2.44. The molecular formula is C61H93N11O10. The van der Waals surface area contributed by atoms with E-state index in [1.807, 2.05) is 82.3 Å². The molecule has 0 bridgehead atoms. The van der Waals surface area contributed by atoms with Crippen LogP contribution in [0.4, 0.5) is 0 Å². The standard InChI is InChI=1S/C61H93N11O10/c1-15-38(6)52-61(82)67(10)41(9)54(75)62-29-28-51(74)71(14)53(37(4)5)56(77)65-40(8)57(78)68(11)48(32-42-23-17-16-18-24-42)39(7)64-46(31-36(2)3)58(79)70(13)50(35-73)60(81)72-30-22-21-27-47(72)59(80)69(12)49(55(76)66-52)33-43-34-63-45-26-20-19-25-44(43)45/h16-20,23-26,34,36-41,46-50,52-53,63-64,73H,15,21-22,27-33,35H2,1-14H3,(H,62,75)(H,65,77)(H,66,76). The number of likely N-dealkylation sites (N-methyl/N-ethyl adjacent to an activating group) is 5. The molecule has 2 aliphatic heterocycles. The van der Waals surface area contributed by atoms with E-state index >= 15 is 14.4 Å². The fourth-order valence-corrected chi connectivity index (χ4v) is 11.4. The lowest BCUT2D eigenvalue weighted by Crippen LogP contribution is -2.63. The van der Waals surface area contributed by atoms with Crippen LogP contribution in [0.3, 0.4) is 0 Å². The van der Waals surface area contributed by atoms with Crippen LogP contribution in [0.2, 0.25) is 0 Å². The smallest absolute Gasteiger partial charge is 0.248 e. The third-order valence-corrected chi connectivity index (χ3v) is 16.9. The molecule has 2 saturated heterocycles. The largest absolute Gasteiger partial charge is 0.394 e. The summed E-state index contributed by atoms with van der Waals surface area (Å²) in [6, 6.07) is 7.00. The Morgan fingerprint density at radius 2 is 1.30 bits per heavy atom. The van der Waals surface area contributed by atoms with Crippen molar-refractivity contribution < 1.29 is 48.3 Å². The third kappa shape index (κ3) is 16.0. The molecular weight excluding hydrogens is 1050 g/mol. The van der Waals surface area contributed by atoms with Crippen molar-refractivity contribution in [3.8, 4) is 0 Å². The molecule has 2 aromatic carbocycles. The van der Waals surface area contributed by atoms with Gasteiger partial charge in [-0.15, -0.1) is 0 Å². The first-order valence-electron chi connectivity index (χ1n) is 29.2. The number of aliphatic hydroxyl groups excluding tert-OH is 1. The number of rotatable bonds is 10. The van der Waals surface area contributed by atoms with E-state index in [0.717, 1.165) is 22.0 Å². The minimum atomic E-state index is -1.41. The van der Waals surface area contributed by atoms with Crippen LogP contribution in [0.1, 0.15) is 112 Å². The van der Waals surface area contributed by atoms with Crippen molar-refractivity contribution in [2.24, 2.45) is 17.8 Å². The van der Waals surface area contributed by atoms with Crippen LogP contribution in [0.15, 0.2) is 60.8 Å². The van der Waals surface area contributed by atoms with Gasteiger partial charge in [0.1, 0.15) is 42.3 Å². The summed E-state index contributed by atoms with van der Waals surface area (Å²) in [7, 11) is 7.54. The molecule has 1 aromatic heterocycles. The van der Waals surface area contributed by atoms with Crippen molar-refractivity contribution in [2.45, 2.75) is 174 Å². The van der Waals surface area contributed by atoms with Crippen LogP contribution in [0.5, 0.6) is 0 Å². The van der Waals surface area contributed by atoms with Crippen LogP contribution in [-0.2, 0) is 56.0 Å². The van der Waals surface area contributed by atoms with Crippen LogP contribution in [-0.4, -0.2) is 208 Å². The Morgan fingerprint density at radius 3 is 1.94 bits per heavy atom. The highest BCUT2D eigenvalue weighted by molar-refractivity contribution is 5.98. The molecule has 0 saturated carbocycles. The van der Waals surface area contributed by atoms with Gasteiger partial charge in [-0.1, -0.05) is 96.5 Å². The quantitative estimate of drug-likeness (QED) is 0.172. The van der Waals surface area contributed by atoms with Gasteiger partial charge in [0.05, 0.1) is 18.7 Å². The first kappa shape index (κ1) is 65.9. The lowest BCUT2D eigenvalue weighted by atomic mass is 9.95. The molecule has 11 unspecified atom stereocenters. The Kier molecular flexibility index (Phi) is 24.0. The molecule has 2 aliphatic rings. The Hall–Kier alpha value is -6.87. The van der Waals surface area contributed by atoms with Crippen LogP contribution in [0, 0.1) is 17.8 Å². The Balaban J connectivity index is 1.59. The first-order chi connectivity index (χ1) is 38.7. The minimum absolute atomic E-state index is 0.0136. The van der Waals surface area contributed by atoms with E-state index in [1.54, 1.807) is 45.8 Å². The average molecular weight is 1140 g/mol. The summed E-state index contributed by atoms with van der Waals surface area (Å²) in [5.74, 6) is -5.76. The molecule has 0 radical (unpaired) electrons. The number of carbonyl (C=O) groups is 9. The number of nitrogens with one attached hydrogen (secondary N) is 5. The number of fused-ring (bicyclic) bond motifs is 2. The SMILES string of the molecule is CCC(C)C1NC(=O)C(Cc2c[nH]c3ccccc23)N(C)C(=O)C2CCCCN2C(=O)C(CO)N(C)C(=O)C(CC(C)C)NC(C)C(Cc2ccccc2)N(C)C(=O)C(C)NC(=O)C(C(C)C)N(C)C(=O)CCNC(=O)C(C)N(C)C1=O. The highest BCUT2D eigenvalue weighted by atomic mass is 16.3. The summed E-state index contributed by atoms with van der Waals surface area (Å²) in [5, 5.41) is 24.0. The van der Waals surface area contributed by atoms with Gasteiger partial charge >= 0.3 is 0 Å². The minimum Gasteiger partial charge on any atom is -0.394 e. The summed E-state index contributed by atoms with van der Waals surface area (Å²) in [4.78, 5) is 142. The predicted molar refractivity (Wildman–Crippen MR) is 314 cm³/mol. The molecule has 452 valence electrons. The second-order valence-corrected chi connectivity index (χ2v) is 23.5. The summed E-state index contributed by atoms with van der Waals surface area (Å²) in [5.41, 5.74) is 2.44. The molecule has 3 heterocycles. The van der Waals surface area contributed by atoms with E-state index in [0.29, 0.717) is 32.1 Å². The maximum atomic E-state index is 15.2. The molecule has 11 atom stereocenters. The highest BCUT2D eigenvalue weighted by Crippen LogP contribution is 2.27. The topological polar surface area (TPSA) is 257 Å². The first-order valence-corrected chi connectivity index (χ1v) is 29.2. The molecule has 82 heavy (non-hydrogen) atoms. The van der Waals surface area contributed by atoms with Crippen molar-refractivity contribution in [3.05, 3.63) is 71.9 Å². The van der Waals surface area contributed by atoms with Crippen LogP contribution in [0.25, 0.3) is 10.9 Å². The summed E-state index contributed by atoms with van der Waals surface area (Å²) in [6.07, 6.45) is 4.06. The number of piperidine rings is 1. The second-order valence-electron chi connectivity index (χ2n) is 23.5. The maximum absolute atomic E-state index is 15.2. The molecule has 5 rings (SSSR count). The predicted octanol–water partition coefficient (Wildman–Crippen LogP) is 3.09. The Labute approximate surface area is 485 Å². The number of nitrogens with zero attached hydrogens (tertiary/aromatic N) is 6. The van der Waals surface area contributed by atoms with Crippen molar-refractivity contribution in [1.29, 1.82) is 0 Å². The molecule has 0 spiro atoms. The van der Waals surface area contributed by atoms with E-state index in [2.05, 4.69) is 26.3 Å². The monoisotopic (exact) mass is 1140 g/mol. The van der Waals surface area contributed by atoms with E-state index < -0.39 is 132 Å². The van der Waals surface area contributed by atoms with Gasteiger partial charge in [0.2, 0.25) is 53.2 Å². The third-order valence-electron chi connectivity index (χ3n) is 16.9. The van der Waals surface area contributed by atoms with Crippen molar-refractivity contribution in [3.63, 3.8) is 0 Å². The van der Waals surface area contributed by atoms with Crippen molar-refractivity contribution >= 4 is 64.1 Å². The number of hydrogen-bond donors (Lipinski definition) is 6. The lowest BCUT2D eigenvalue weighted by molar-refractivity contribution is -0.156. The molecule has 0 aliphatic carbocycles. The number of hydrogen-bond acceptors (Lipinski definition) is 11. The van der Waals surface area contributed by atoms with Gasteiger partial charge in [-0.05, 0) is 87.8 Å². The number of para-hydroxylation sites is 1. The van der Waals surface area contributed by atoms with Gasteiger partial charge in [-0.25, -0.2) is 0 Å². The van der Waals surface area contributed by atoms with Gasteiger partial charge in [0.25, 0.3) is 0 Å². The van der Waals surface area contributed by atoms with Gasteiger partial charge in [-0.2, -0.15) is 0 Å². The fraction of sp³-hybridized carbons (Fsp3) is 0.623. The van der Waals surface area contributed by atoms with Gasteiger partial charge in [0.15, 0.2) is 0 Å². The number of benzene rings is 2. The molecule has 2 fully saturated rings. The zero-order chi connectivity index (χ0) is 60.9. The molecule has 9 amide bonds. The van der Waals surface area contributed by atoms with Gasteiger partial charge < -0.3 is 60.8 Å². The fourth-order valence-electron chi connectivity index (χ4n) is 11.4. The number of aromatic amines is 1. The Bertz CT molecular complexity index is 2700. The van der Waals surface area contributed by atoms with E-state index in [1.165, 1.54) is 59.6 Å². The van der Waals surface area contributed by atoms with E-state index in [-0.39, 0.29) is 38.3 Å². The van der Waals surface area contributed by atoms with Gasteiger partial charge in [-0.3, -0.25) is 43.2 Å². The number of aromatic nitrogens is 1. The van der Waals surface area contributed by atoms with Crippen LogP contribution >= 0.6 is 0 Å². The molecule has 21 heteroatoms. The molecule has 21 nitrogen and oxygen atoms in total. The molecule has 6 N–H and O–H groups in total. The van der Waals surface area contributed by atoms with E-state index in [9.17, 15) is 33.9 Å². The normalized spacial score (nSPS) is 27.2. The van der Waals surface area contributed by atoms with Gasteiger partial charge in [0, 0.05) is 84.3 Å². The number of H-pyrrole nitrogens is 1. The lowest BCUT2D eigenvalue weighted by Gasteiger charge is -2.42. The van der Waals surface area contributed by atoms with Crippen molar-refractivity contribution in [1.82, 2.24) is 55.7 Å². The Morgan fingerprint density at radius 1 is 0.659 bits per heavy atom. The summed E-state index contributed by atoms with van der Waals surface area (Å²) >= 11 is 0.